The Kier molecular flexibility index (Phi) is 22.6. The second-order valence-corrected chi connectivity index (χ2v) is 38.8. The average Bonchev–Trinajstić information content (AvgIpc) is 1.50. The summed E-state index contributed by atoms with van der Waals surface area (Å²) in [4.78, 5) is 5.08. The number of hydrogen-bond acceptors (Lipinski definition) is 2. The number of fused-ring (bicyclic) bond motifs is 15. The second-order valence-electron chi connectivity index (χ2n) is 38.8. The van der Waals surface area contributed by atoms with Crippen LogP contribution in [0, 0.1) is 0 Å². The number of rotatable bonds is 31. The van der Waals surface area contributed by atoms with Crippen molar-refractivity contribution in [1.29, 1.82) is 0 Å². The highest BCUT2D eigenvalue weighted by molar-refractivity contribution is 6.00. The lowest BCUT2D eigenvalue weighted by atomic mass is 9.64. The van der Waals surface area contributed by atoms with Gasteiger partial charge in [-0.2, -0.15) is 0 Å². The van der Waals surface area contributed by atoms with E-state index >= 15 is 0 Å². The van der Waals surface area contributed by atoms with Crippen LogP contribution in [0.15, 0.2) is 376 Å². The minimum atomic E-state index is -0.703. The molecule has 17 aromatic carbocycles. The zero-order valence-corrected chi connectivity index (χ0v) is 77.8. The Bertz CT molecular complexity index is 7110. The van der Waals surface area contributed by atoms with Crippen molar-refractivity contribution < 1.29 is 0 Å². The molecule has 0 N–H and O–H groups in total. The molecule has 0 aliphatic heterocycles. The van der Waals surface area contributed by atoms with Crippen molar-refractivity contribution in [2.45, 2.75) is 192 Å². The molecule has 5 aliphatic rings. The molecule has 0 aromatic heterocycles. The van der Waals surface area contributed by atoms with Gasteiger partial charge in [0.2, 0.25) is 0 Å². The van der Waals surface area contributed by atoms with Crippen molar-refractivity contribution in [3.05, 3.63) is 443 Å². The summed E-state index contributed by atoms with van der Waals surface area (Å²) in [5.74, 6) is 0. The second kappa shape index (κ2) is 35.4. The first-order valence-electron chi connectivity index (χ1n) is 49.9. The van der Waals surface area contributed by atoms with Gasteiger partial charge in [0.1, 0.15) is 0 Å². The Morgan fingerprint density at radius 3 is 0.826 bits per heavy atom. The molecular weight excluding hydrogens is 1590 g/mol. The van der Waals surface area contributed by atoms with Gasteiger partial charge in [0.15, 0.2) is 0 Å². The maximum atomic E-state index is 2.63. The van der Waals surface area contributed by atoms with Gasteiger partial charge in [0.25, 0.3) is 0 Å². The molecule has 2 nitrogen and oxygen atoms in total. The van der Waals surface area contributed by atoms with E-state index < -0.39 is 5.41 Å². The van der Waals surface area contributed by atoms with Crippen LogP contribution in [0.1, 0.15) is 224 Å². The molecule has 0 bridgehead atoms. The topological polar surface area (TPSA) is 6.48 Å². The monoisotopic (exact) mass is 1710 g/mol. The summed E-state index contributed by atoms with van der Waals surface area (Å²) >= 11 is 0. The number of nitrogens with zero attached hydrogens (tertiary/aromatic N) is 2. The summed E-state index contributed by atoms with van der Waals surface area (Å²) in [5, 5.41) is 2.70. The third-order valence-electron chi connectivity index (χ3n) is 31.5. The highest BCUT2D eigenvalue weighted by Gasteiger charge is 2.50. The lowest BCUT2D eigenvalue weighted by Gasteiger charge is -2.37. The largest absolute Gasteiger partial charge is 0.310 e. The van der Waals surface area contributed by atoms with E-state index in [1.165, 1.54) is 253 Å². The van der Waals surface area contributed by atoms with Crippen LogP contribution in [0.5, 0.6) is 0 Å². The third kappa shape index (κ3) is 14.1. The van der Waals surface area contributed by atoms with Crippen molar-refractivity contribution in [2.75, 3.05) is 9.80 Å². The quantitative estimate of drug-likeness (QED) is 0.0427. The van der Waals surface area contributed by atoms with Gasteiger partial charge in [-0.1, -0.05) is 398 Å². The molecule has 0 saturated carbocycles. The average molecular weight is 1710 g/mol. The Hall–Kier alpha value is -13.4. The fourth-order valence-electron chi connectivity index (χ4n) is 24.8. The lowest BCUT2D eigenvalue weighted by Crippen LogP contribution is -2.30. The highest BCUT2D eigenvalue weighted by atomic mass is 15.1. The molecule has 2 heteroatoms. The van der Waals surface area contributed by atoms with Crippen LogP contribution < -0.4 is 9.80 Å². The molecule has 1 atom stereocenters. The molecule has 0 heterocycles. The van der Waals surface area contributed by atoms with Crippen LogP contribution in [0.25, 0.3) is 111 Å². The van der Waals surface area contributed by atoms with Gasteiger partial charge >= 0.3 is 0 Å². The van der Waals surface area contributed by atoms with E-state index in [1.807, 2.05) is 0 Å². The first-order chi connectivity index (χ1) is 65.1. The molecule has 0 saturated heterocycles. The predicted molar refractivity (Wildman–Crippen MR) is 561 cm³/mol. The standard InChI is InChI=1S/C130H120N2/c1-7-13-76-127(77-14-8-2)118-44-32-30-42-110(118)114-74-67-105(87-122(114)127)131(101-59-46-91(47-60-101)89-34-22-19-23-35-89)103-63-50-93(51-64-103)97-56-72-116-117-73-57-98(85-125(117)130(124(116)84-97,100-38-26-21-27-39-100)126-86-99-58-69-107(99)108-40-28-29-41-109(108)126)94-52-65-104(66-53-94)132(106-68-75-115-111-43-31-33-45-119(111)128(78-15-9-3,79-16-10-4)123(115)88-106)102-61-48-92(49-62-102)96-55-71-113-112-70-54-95(90-36-24-20-25-37-90)82-120(112)129(80-17-11-5,81-18-12-6)121(113)83-96/h19-57,59-68,70-75,82-88H,7-18,58,69,76-81H2,1-6H3. The van der Waals surface area contributed by atoms with Crippen molar-refractivity contribution in [1.82, 2.24) is 0 Å². The smallest absolute Gasteiger partial charge is 0.0720 e. The summed E-state index contributed by atoms with van der Waals surface area (Å²) in [6.45, 7) is 14.2. The van der Waals surface area contributed by atoms with Crippen molar-refractivity contribution in [3.8, 4) is 100 Å². The van der Waals surface area contributed by atoms with E-state index in [-0.39, 0.29) is 16.2 Å². The normalized spacial score (nSPS) is 15.0. The summed E-state index contributed by atoms with van der Waals surface area (Å²) in [5.41, 5.74) is 46.4. The molecule has 0 spiro atoms. The van der Waals surface area contributed by atoms with E-state index in [0.29, 0.717) is 0 Å². The Morgan fingerprint density at radius 2 is 0.462 bits per heavy atom. The van der Waals surface area contributed by atoms with Gasteiger partial charge in [0, 0.05) is 50.4 Å². The SMILES string of the molecule is CCCCC1(CCCC)c2cc(-c3ccccc3)ccc2-c2ccc(-c3ccc(N(c4ccc(-c5ccc6c(c5)C(c5ccccc5)(c5cc7c(c8ccccc58)CC7)c5cc(-c7ccc(N(c8ccc(-c9ccccc9)cc8)c8ccc9c(c8)C(CCCC)(CCCC)c8ccccc8-9)cc7)ccc5-6)cc4)c4ccc5c(c4)C(CCCC)(CCCC)c4ccccc4-5)cc3)cc21. The van der Waals surface area contributed by atoms with Crippen LogP contribution in [0.3, 0.4) is 0 Å². The van der Waals surface area contributed by atoms with Crippen LogP contribution >= 0.6 is 0 Å². The zero-order chi connectivity index (χ0) is 89.1. The fourth-order valence-corrected chi connectivity index (χ4v) is 24.8. The van der Waals surface area contributed by atoms with E-state index in [2.05, 4.69) is 427 Å². The molecule has 22 rings (SSSR count). The first-order valence-corrected chi connectivity index (χ1v) is 49.9. The van der Waals surface area contributed by atoms with Gasteiger partial charge in [-0.15, -0.1) is 0 Å². The number of hydrogen-bond donors (Lipinski definition) is 0. The molecule has 0 radical (unpaired) electrons. The summed E-state index contributed by atoms with van der Waals surface area (Å²) < 4.78 is 0. The number of anilines is 6. The predicted octanol–water partition coefficient (Wildman–Crippen LogP) is 36.5. The Labute approximate surface area is 783 Å². The molecule has 0 amide bonds. The molecule has 650 valence electrons. The first kappa shape index (κ1) is 84.2. The van der Waals surface area contributed by atoms with Crippen molar-refractivity contribution in [2.24, 2.45) is 0 Å². The van der Waals surface area contributed by atoms with Gasteiger partial charge in [-0.05, 0) is 326 Å². The fraction of sp³-hybridized carbons (Fsp3) is 0.231. The Morgan fingerprint density at radius 1 is 0.197 bits per heavy atom. The molecule has 1 unspecified atom stereocenters. The molecular formula is C130H120N2. The van der Waals surface area contributed by atoms with Gasteiger partial charge < -0.3 is 9.80 Å². The van der Waals surface area contributed by atoms with Crippen molar-refractivity contribution in [3.63, 3.8) is 0 Å². The number of aryl methyl sites for hydroxylation is 2. The summed E-state index contributed by atoms with van der Waals surface area (Å²) in [7, 11) is 0. The Balaban J connectivity index is 0.660. The molecule has 0 fully saturated rings. The maximum Gasteiger partial charge on any atom is 0.0720 e. The van der Waals surface area contributed by atoms with Crippen LogP contribution in [-0.2, 0) is 34.5 Å². The minimum Gasteiger partial charge on any atom is -0.310 e. The van der Waals surface area contributed by atoms with Crippen LogP contribution in [-0.4, -0.2) is 0 Å². The summed E-state index contributed by atoms with van der Waals surface area (Å²) in [6.07, 6.45) is 23.1. The summed E-state index contributed by atoms with van der Waals surface area (Å²) in [6, 6.07) is 147. The molecule has 132 heavy (non-hydrogen) atoms. The number of benzene rings is 17. The minimum absolute atomic E-state index is 0.0530. The third-order valence-corrected chi connectivity index (χ3v) is 31.5. The molecule has 5 aliphatic carbocycles. The van der Waals surface area contributed by atoms with E-state index in [1.54, 1.807) is 0 Å². The zero-order valence-electron chi connectivity index (χ0n) is 77.8. The van der Waals surface area contributed by atoms with E-state index in [9.17, 15) is 0 Å². The van der Waals surface area contributed by atoms with Crippen LogP contribution in [0.4, 0.5) is 34.1 Å². The van der Waals surface area contributed by atoms with E-state index in [0.717, 1.165) is 87.0 Å². The van der Waals surface area contributed by atoms with E-state index in [4.69, 9.17) is 0 Å². The highest BCUT2D eigenvalue weighted by Crippen LogP contribution is 2.63. The maximum absolute atomic E-state index is 2.63. The van der Waals surface area contributed by atoms with Gasteiger partial charge in [-0.25, -0.2) is 0 Å². The number of unbranched alkanes of at least 4 members (excludes halogenated alkanes) is 6. The van der Waals surface area contributed by atoms with Crippen LogP contribution in [0.2, 0.25) is 0 Å². The van der Waals surface area contributed by atoms with Gasteiger partial charge in [-0.3, -0.25) is 0 Å². The molecule has 17 aromatic rings. The van der Waals surface area contributed by atoms with Crippen molar-refractivity contribution >= 4 is 44.9 Å². The van der Waals surface area contributed by atoms with Gasteiger partial charge in [0.05, 0.1) is 5.41 Å². The lowest BCUT2D eigenvalue weighted by molar-refractivity contribution is 0.414.